The second-order valence-electron chi connectivity index (χ2n) is 9.41. The van der Waals surface area contributed by atoms with E-state index >= 15 is 0 Å². The van der Waals surface area contributed by atoms with E-state index in [0.717, 1.165) is 9.79 Å². The largest absolute Gasteiger partial charge is 0.478 e. The van der Waals surface area contributed by atoms with Crippen LogP contribution in [0.4, 0.5) is 0 Å². The molecule has 0 aliphatic carbocycles. The Balaban J connectivity index is 0.000000363. The van der Waals surface area contributed by atoms with Gasteiger partial charge in [0.1, 0.15) is 0 Å². The van der Waals surface area contributed by atoms with Crippen LogP contribution in [0, 0.1) is 0 Å². The van der Waals surface area contributed by atoms with E-state index in [9.17, 15) is 9.59 Å². The van der Waals surface area contributed by atoms with E-state index in [1.54, 1.807) is 48.9 Å². The highest BCUT2D eigenvalue weighted by Gasteiger charge is 2.34. The van der Waals surface area contributed by atoms with Gasteiger partial charge in [-0.3, -0.25) is 0 Å². The fourth-order valence-electron chi connectivity index (χ4n) is 4.11. The summed E-state index contributed by atoms with van der Waals surface area (Å²) in [6.07, 6.45) is 17.9. The Kier molecular flexibility index (Phi) is 16.5. The van der Waals surface area contributed by atoms with Crippen LogP contribution in [0.5, 0.6) is 0 Å². The second kappa shape index (κ2) is 18.4. The molecule has 0 radical (unpaired) electrons. The number of carboxylic acids is 2. The average molecular weight is 534 g/mol. The number of rotatable bonds is 16. The van der Waals surface area contributed by atoms with Crippen LogP contribution in [0.15, 0.2) is 58.3 Å². The first-order chi connectivity index (χ1) is 17.3. The van der Waals surface area contributed by atoms with Crippen molar-refractivity contribution in [2.24, 2.45) is 0 Å². The van der Waals surface area contributed by atoms with Crippen LogP contribution in [-0.2, 0) is 0 Å². The van der Waals surface area contributed by atoms with E-state index in [1.165, 1.54) is 87.4 Å². The van der Waals surface area contributed by atoms with Crippen LogP contribution in [-0.4, -0.2) is 46.8 Å². The molecule has 200 valence electrons. The highest BCUT2D eigenvalue weighted by molar-refractivity contribution is 7.99. The maximum Gasteiger partial charge on any atom is 0.335 e. The van der Waals surface area contributed by atoms with Crippen molar-refractivity contribution >= 4 is 31.0 Å². The zero-order valence-electron chi connectivity index (χ0n) is 22.7. The highest BCUT2D eigenvalue weighted by Crippen LogP contribution is 2.61. The van der Waals surface area contributed by atoms with Crippen molar-refractivity contribution in [2.75, 3.05) is 24.6 Å². The van der Waals surface area contributed by atoms with Crippen molar-refractivity contribution < 1.29 is 19.8 Å². The maximum atomic E-state index is 10.7. The quantitative estimate of drug-likeness (QED) is 0.210. The predicted molar refractivity (Wildman–Crippen MR) is 157 cm³/mol. The number of unbranched alkanes of at least 4 members (excludes halogenated alkanes) is 4. The van der Waals surface area contributed by atoms with Crippen LogP contribution in [0.2, 0.25) is 0 Å². The van der Waals surface area contributed by atoms with Gasteiger partial charge in [0.25, 0.3) is 0 Å². The summed E-state index contributed by atoms with van der Waals surface area (Å²) in [5.41, 5.74) is 0.483. The van der Waals surface area contributed by atoms with Crippen LogP contribution in [0.1, 0.15) is 99.8 Å². The molecule has 6 heteroatoms. The molecule has 0 saturated carbocycles. The third kappa shape index (κ3) is 12.4. The van der Waals surface area contributed by atoms with Crippen molar-refractivity contribution in [1.29, 1.82) is 0 Å². The lowest BCUT2D eigenvalue weighted by Crippen LogP contribution is -2.12. The van der Waals surface area contributed by atoms with E-state index in [2.05, 4.69) is 27.7 Å². The molecule has 0 unspecified atom stereocenters. The molecule has 4 nitrogen and oxygen atoms in total. The minimum atomic E-state index is -0.956. The number of carboxylic acid groups (broad SMARTS) is 2. The van der Waals surface area contributed by atoms with Gasteiger partial charge in [-0.05, 0) is 74.2 Å². The van der Waals surface area contributed by atoms with Gasteiger partial charge in [0.2, 0.25) is 0 Å². The first-order valence-electron chi connectivity index (χ1n) is 13.5. The summed E-state index contributed by atoms with van der Waals surface area (Å²) in [6, 6.07) is 13.0. The summed E-state index contributed by atoms with van der Waals surface area (Å²) in [5, 5.41) is 17.6. The van der Waals surface area contributed by atoms with Gasteiger partial charge in [-0.25, -0.2) is 9.59 Å². The number of hydrogen-bond donors (Lipinski definition) is 2. The van der Waals surface area contributed by atoms with Gasteiger partial charge in [-0.15, -0.1) is 0 Å². The number of benzene rings is 2. The van der Waals surface area contributed by atoms with E-state index in [4.69, 9.17) is 10.2 Å². The number of hydrogen-bond acceptors (Lipinski definition) is 3. The normalized spacial score (nSPS) is 11.0. The van der Waals surface area contributed by atoms with Crippen LogP contribution < -0.4 is 0 Å². The third-order valence-electron chi connectivity index (χ3n) is 6.38. The second-order valence-corrected chi connectivity index (χ2v) is 15.0. The summed E-state index contributed by atoms with van der Waals surface area (Å²) >= 11 is 1.44. The van der Waals surface area contributed by atoms with Gasteiger partial charge in [-0.2, -0.15) is 0 Å². The molecular weight excluding hydrogens is 487 g/mol. The molecule has 36 heavy (non-hydrogen) atoms. The molecule has 2 N–H and O–H groups in total. The molecule has 2 aromatic rings. The van der Waals surface area contributed by atoms with Crippen molar-refractivity contribution in [3.8, 4) is 0 Å². The lowest BCUT2D eigenvalue weighted by molar-refractivity contribution is 0.0686. The average Bonchev–Trinajstić information content (AvgIpc) is 2.89. The summed E-state index contributed by atoms with van der Waals surface area (Å²) < 4.78 is 0. The highest BCUT2D eigenvalue weighted by atomic mass is 32.2. The Hall–Kier alpha value is -1.84. The van der Waals surface area contributed by atoms with E-state index in [1.807, 2.05) is 0 Å². The third-order valence-corrected chi connectivity index (χ3v) is 12.5. The molecule has 2 aromatic carbocycles. The van der Waals surface area contributed by atoms with Crippen LogP contribution in [0.3, 0.4) is 0 Å². The van der Waals surface area contributed by atoms with Crippen molar-refractivity contribution in [3.05, 3.63) is 59.7 Å². The lowest BCUT2D eigenvalue weighted by Gasteiger charge is -2.28. The van der Waals surface area contributed by atoms with Crippen LogP contribution in [0.25, 0.3) is 0 Å². The molecular formula is C30H46O4PS+. The molecule has 0 aliphatic heterocycles. The molecule has 0 fully saturated rings. The van der Waals surface area contributed by atoms with Crippen molar-refractivity contribution in [2.45, 2.75) is 88.9 Å². The van der Waals surface area contributed by atoms with E-state index in [-0.39, 0.29) is 11.1 Å². The van der Waals surface area contributed by atoms with Gasteiger partial charge < -0.3 is 10.2 Å². The molecule has 0 amide bonds. The molecule has 0 bridgehead atoms. The standard InChI is InChI=1S/C16H36P.C14H10O4S/c1-5-9-13-17(14-10-6-2,15-11-7-3)16-12-8-4;15-13(16)9-1-5-11(6-2-9)19-12-7-3-10(4-8-12)14(17)18/h5-16H2,1-4H3;1-8H,(H,15,16)(H,17,18)/q+1;. The molecule has 2 rings (SSSR count). The number of carbonyl (C=O) groups is 2. The Morgan fingerprint density at radius 2 is 0.861 bits per heavy atom. The topological polar surface area (TPSA) is 74.6 Å². The molecule has 0 aromatic heterocycles. The molecule has 0 saturated heterocycles. The molecule has 0 atom stereocenters. The fourth-order valence-corrected chi connectivity index (χ4v) is 10.2. The van der Waals surface area contributed by atoms with Gasteiger partial charge in [0.05, 0.1) is 35.8 Å². The first-order valence-corrected chi connectivity index (χ1v) is 16.8. The SMILES string of the molecule is CCCC[P+](CCCC)(CCCC)CCCC.O=C(O)c1ccc(Sc2ccc(C(=O)O)cc2)cc1. The Morgan fingerprint density at radius 1 is 0.583 bits per heavy atom. The Bertz CT molecular complexity index is 788. The lowest BCUT2D eigenvalue weighted by atomic mass is 10.2. The zero-order chi connectivity index (χ0) is 26.8. The van der Waals surface area contributed by atoms with Gasteiger partial charge >= 0.3 is 11.9 Å². The molecule has 0 aliphatic rings. The monoisotopic (exact) mass is 533 g/mol. The summed E-state index contributed by atoms with van der Waals surface area (Å²) in [5.74, 6) is -1.91. The Labute approximate surface area is 223 Å². The predicted octanol–water partition coefficient (Wildman–Crippen LogP) is 9.44. The smallest absolute Gasteiger partial charge is 0.335 e. The number of aromatic carboxylic acids is 2. The summed E-state index contributed by atoms with van der Waals surface area (Å²) in [4.78, 5) is 23.2. The van der Waals surface area contributed by atoms with E-state index in [0.29, 0.717) is 0 Å². The van der Waals surface area contributed by atoms with Gasteiger partial charge in [-0.1, -0.05) is 65.1 Å². The van der Waals surface area contributed by atoms with Crippen molar-refractivity contribution in [3.63, 3.8) is 0 Å². The minimum Gasteiger partial charge on any atom is -0.478 e. The fraction of sp³-hybridized carbons (Fsp3) is 0.533. The Morgan fingerprint density at radius 3 is 1.08 bits per heavy atom. The zero-order valence-corrected chi connectivity index (χ0v) is 24.4. The van der Waals surface area contributed by atoms with Gasteiger partial charge in [0, 0.05) is 17.1 Å². The minimum absolute atomic E-state index is 0.241. The molecule has 0 spiro atoms. The summed E-state index contributed by atoms with van der Waals surface area (Å²) in [6.45, 7) is 9.42. The van der Waals surface area contributed by atoms with Crippen LogP contribution >= 0.6 is 19.0 Å². The van der Waals surface area contributed by atoms with Crippen molar-refractivity contribution in [1.82, 2.24) is 0 Å². The summed E-state index contributed by atoms with van der Waals surface area (Å²) in [7, 11) is -0.562. The first kappa shape index (κ1) is 32.2. The maximum absolute atomic E-state index is 10.7. The van der Waals surface area contributed by atoms with E-state index < -0.39 is 19.2 Å². The molecule has 0 heterocycles. The van der Waals surface area contributed by atoms with Gasteiger partial charge in [0.15, 0.2) is 0 Å².